The van der Waals surface area contributed by atoms with Gasteiger partial charge >= 0.3 is 0 Å². The molecule has 0 saturated heterocycles. The first kappa shape index (κ1) is 16.8. The van der Waals surface area contributed by atoms with Crippen molar-refractivity contribution in [3.63, 3.8) is 0 Å². The Kier molecular flexibility index (Phi) is 5.56. The molecule has 2 aromatic carbocycles. The molecule has 23 heavy (non-hydrogen) atoms. The van der Waals surface area contributed by atoms with E-state index in [4.69, 9.17) is 10.5 Å². The van der Waals surface area contributed by atoms with Gasteiger partial charge in [-0.25, -0.2) is 0 Å². The second kappa shape index (κ2) is 7.61. The van der Waals surface area contributed by atoms with Gasteiger partial charge < -0.3 is 10.5 Å². The van der Waals surface area contributed by atoms with Crippen LogP contribution in [0.2, 0.25) is 0 Å². The molecule has 2 nitrogen and oxygen atoms in total. The monoisotopic (exact) mass is 305 g/mol. The van der Waals surface area contributed by atoms with Crippen LogP contribution < -0.4 is 10.5 Å². The summed E-state index contributed by atoms with van der Waals surface area (Å²) in [6.45, 7) is 5.81. The highest BCUT2D eigenvalue weighted by Crippen LogP contribution is 2.35. The van der Waals surface area contributed by atoms with E-state index in [0.29, 0.717) is 0 Å². The van der Waals surface area contributed by atoms with Crippen LogP contribution in [0.5, 0.6) is 5.75 Å². The third-order valence-corrected chi connectivity index (χ3v) is 3.87. The molecule has 2 heteroatoms. The average Bonchev–Trinajstić information content (AvgIpc) is 2.61. The van der Waals surface area contributed by atoms with Gasteiger partial charge in [-0.3, -0.25) is 0 Å². The summed E-state index contributed by atoms with van der Waals surface area (Å²) < 4.78 is 5.26. The first-order chi connectivity index (χ1) is 11.2. The minimum atomic E-state index is -0.756. The Labute approximate surface area is 138 Å². The topological polar surface area (TPSA) is 35.2 Å². The zero-order valence-corrected chi connectivity index (χ0v) is 13.7. The van der Waals surface area contributed by atoms with Gasteiger partial charge in [-0.05, 0) is 35.8 Å². The summed E-state index contributed by atoms with van der Waals surface area (Å²) >= 11 is 0. The van der Waals surface area contributed by atoms with Crippen molar-refractivity contribution in [3.8, 4) is 5.75 Å². The van der Waals surface area contributed by atoms with Crippen LogP contribution >= 0.6 is 0 Å². The van der Waals surface area contributed by atoms with Gasteiger partial charge in [0.2, 0.25) is 0 Å². The number of hydrogen-bond donors (Lipinski definition) is 1. The van der Waals surface area contributed by atoms with Gasteiger partial charge in [0, 0.05) is 0 Å². The SMILES string of the molecule is C=C/C=C(\C=C/C)C(N)(c1ccccc1)c1ccc(OC)cc1. The van der Waals surface area contributed by atoms with E-state index in [0.717, 1.165) is 22.4 Å². The Balaban J connectivity index is 2.68. The van der Waals surface area contributed by atoms with E-state index in [-0.39, 0.29) is 0 Å². The van der Waals surface area contributed by atoms with Crippen molar-refractivity contribution >= 4 is 0 Å². The molecule has 2 rings (SSSR count). The molecule has 2 aromatic rings. The molecular weight excluding hydrogens is 282 g/mol. The largest absolute Gasteiger partial charge is 0.497 e. The van der Waals surface area contributed by atoms with Crippen LogP contribution in [0.15, 0.2) is 91.1 Å². The molecule has 0 saturated carbocycles. The van der Waals surface area contributed by atoms with Crippen molar-refractivity contribution in [2.24, 2.45) is 5.73 Å². The maximum absolute atomic E-state index is 6.94. The van der Waals surface area contributed by atoms with Crippen LogP contribution in [0.3, 0.4) is 0 Å². The molecule has 0 heterocycles. The van der Waals surface area contributed by atoms with Crippen molar-refractivity contribution in [2.45, 2.75) is 12.5 Å². The fourth-order valence-corrected chi connectivity index (χ4v) is 2.68. The van der Waals surface area contributed by atoms with Gasteiger partial charge in [-0.2, -0.15) is 0 Å². The van der Waals surface area contributed by atoms with E-state index in [9.17, 15) is 0 Å². The fourth-order valence-electron chi connectivity index (χ4n) is 2.68. The predicted molar refractivity (Wildman–Crippen MR) is 97.5 cm³/mol. The smallest absolute Gasteiger partial charge is 0.118 e. The average molecular weight is 305 g/mol. The summed E-state index contributed by atoms with van der Waals surface area (Å²) in [6.07, 6.45) is 7.74. The summed E-state index contributed by atoms with van der Waals surface area (Å²) in [4.78, 5) is 0. The maximum atomic E-state index is 6.94. The molecule has 0 fully saturated rings. The maximum Gasteiger partial charge on any atom is 0.118 e. The Morgan fingerprint density at radius 3 is 2.17 bits per heavy atom. The third-order valence-electron chi connectivity index (χ3n) is 3.87. The van der Waals surface area contributed by atoms with Crippen LogP contribution in [-0.2, 0) is 5.54 Å². The van der Waals surface area contributed by atoms with Crippen molar-refractivity contribution in [1.82, 2.24) is 0 Å². The van der Waals surface area contributed by atoms with E-state index >= 15 is 0 Å². The highest BCUT2D eigenvalue weighted by atomic mass is 16.5. The Hall–Kier alpha value is -2.58. The molecule has 1 unspecified atom stereocenters. The molecule has 0 radical (unpaired) electrons. The highest BCUT2D eigenvalue weighted by molar-refractivity contribution is 5.52. The first-order valence-corrected chi connectivity index (χ1v) is 7.61. The molecule has 118 valence electrons. The Morgan fingerprint density at radius 1 is 1.04 bits per heavy atom. The van der Waals surface area contributed by atoms with E-state index in [1.54, 1.807) is 13.2 Å². The lowest BCUT2D eigenvalue weighted by molar-refractivity contribution is 0.414. The molecule has 2 N–H and O–H groups in total. The number of hydrogen-bond acceptors (Lipinski definition) is 2. The minimum absolute atomic E-state index is 0.756. The summed E-state index contributed by atoms with van der Waals surface area (Å²) in [5.41, 5.74) is 9.18. The van der Waals surface area contributed by atoms with Crippen LogP contribution in [0.4, 0.5) is 0 Å². The molecule has 0 amide bonds. The zero-order chi connectivity index (χ0) is 16.7. The van der Waals surface area contributed by atoms with Crippen molar-refractivity contribution < 1.29 is 4.74 Å². The normalized spacial score (nSPS) is 14.5. The van der Waals surface area contributed by atoms with Gasteiger partial charge in [0.15, 0.2) is 0 Å². The Morgan fingerprint density at radius 2 is 1.65 bits per heavy atom. The molecular formula is C21H23NO. The van der Waals surface area contributed by atoms with E-state index < -0.39 is 5.54 Å². The van der Waals surface area contributed by atoms with Crippen LogP contribution in [0.25, 0.3) is 0 Å². The standard InChI is InChI=1S/C21H23NO/c1-4-9-17(10-5-2)21(22,18-11-7-6-8-12-18)19-13-15-20(23-3)16-14-19/h4-16H,1,22H2,2-3H3/b10-5-,17-9+. The molecule has 0 aliphatic heterocycles. The first-order valence-electron chi connectivity index (χ1n) is 7.61. The number of nitrogens with two attached hydrogens (primary N) is 1. The van der Waals surface area contributed by atoms with E-state index in [1.807, 2.05) is 79.7 Å². The van der Waals surface area contributed by atoms with Crippen molar-refractivity contribution in [3.05, 3.63) is 102 Å². The van der Waals surface area contributed by atoms with Gasteiger partial charge in [-0.15, -0.1) is 0 Å². The number of allylic oxidation sites excluding steroid dienone is 3. The summed E-state index contributed by atoms with van der Waals surface area (Å²) in [7, 11) is 1.66. The molecule has 0 aliphatic carbocycles. The lowest BCUT2D eigenvalue weighted by Gasteiger charge is -2.32. The number of methoxy groups -OCH3 is 1. The van der Waals surface area contributed by atoms with E-state index in [2.05, 4.69) is 6.58 Å². The number of ether oxygens (including phenoxy) is 1. The summed E-state index contributed by atoms with van der Waals surface area (Å²) in [6, 6.07) is 18.0. The fraction of sp³-hybridized carbons (Fsp3) is 0.143. The summed E-state index contributed by atoms with van der Waals surface area (Å²) in [5.74, 6) is 0.810. The van der Waals surface area contributed by atoms with Crippen LogP contribution in [0.1, 0.15) is 18.1 Å². The molecule has 0 aromatic heterocycles. The molecule has 0 bridgehead atoms. The van der Waals surface area contributed by atoms with Gasteiger partial charge in [0.1, 0.15) is 5.75 Å². The van der Waals surface area contributed by atoms with Crippen molar-refractivity contribution in [1.29, 1.82) is 0 Å². The second-order valence-electron chi connectivity index (χ2n) is 5.26. The molecule has 0 aliphatic rings. The van der Waals surface area contributed by atoms with Crippen LogP contribution in [-0.4, -0.2) is 7.11 Å². The molecule has 1 atom stereocenters. The molecule has 0 spiro atoms. The Bertz CT molecular complexity index is 698. The quantitative estimate of drug-likeness (QED) is 0.792. The summed E-state index contributed by atoms with van der Waals surface area (Å²) in [5, 5.41) is 0. The third kappa shape index (κ3) is 3.43. The predicted octanol–water partition coefficient (Wildman–Crippen LogP) is 4.59. The number of rotatable bonds is 6. The van der Waals surface area contributed by atoms with Gasteiger partial charge in [0.25, 0.3) is 0 Å². The highest BCUT2D eigenvalue weighted by Gasteiger charge is 2.32. The zero-order valence-electron chi connectivity index (χ0n) is 13.7. The van der Waals surface area contributed by atoms with Crippen molar-refractivity contribution in [2.75, 3.05) is 7.11 Å². The number of benzene rings is 2. The minimum Gasteiger partial charge on any atom is -0.497 e. The van der Waals surface area contributed by atoms with Crippen LogP contribution in [0, 0.1) is 0 Å². The lowest BCUT2D eigenvalue weighted by Crippen LogP contribution is -2.39. The van der Waals surface area contributed by atoms with Gasteiger partial charge in [-0.1, -0.05) is 73.3 Å². The van der Waals surface area contributed by atoms with E-state index in [1.165, 1.54) is 0 Å². The van der Waals surface area contributed by atoms with Gasteiger partial charge in [0.05, 0.1) is 12.6 Å². The second-order valence-corrected chi connectivity index (χ2v) is 5.26. The lowest BCUT2D eigenvalue weighted by atomic mass is 9.77.